The number of halogens is 3. The molecule has 0 N–H and O–H groups in total. The van der Waals surface area contributed by atoms with Gasteiger partial charge < -0.3 is 0 Å². The molecule has 0 bridgehead atoms. The largest absolute Gasteiger partial charge is 0.250 e. The molecule has 16 heavy (non-hydrogen) atoms. The van der Waals surface area contributed by atoms with Crippen molar-refractivity contribution in [3.05, 3.63) is 17.5 Å². The van der Waals surface area contributed by atoms with E-state index in [-0.39, 0.29) is 11.2 Å². The van der Waals surface area contributed by atoms with Crippen LogP contribution in [-0.4, -0.2) is 15.0 Å². The topological polar surface area (TPSA) is 38.7 Å². The van der Waals surface area contributed by atoms with Gasteiger partial charge in [0.15, 0.2) is 5.82 Å². The number of alkyl halides is 3. The van der Waals surface area contributed by atoms with Gasteiger partial charge in [0.1, 0.15) is 11.6 Å². The fraction of sp³-hybridized carbons (Fsp3) is 0.700. The van der Waals surface area contributed by atoms with Gasteiger partial charge in [-0.3, -0.25) is 0 Å². The van der Waals surface area contributed by atoms with Gasteiger partial charge >= 0.3 is 0 Å². The van der Waals surface area contributed by atoms with E-state index in [1.54, 1.807) is 6.92 Å². The fourth-order valence-electron chi connectivity index (χ4n) is 1.22. The van der Waals surface area contributed by atoms with Gasteiger partial charge in [0.2, 0.25) is 3.79 Å². The zero-order valence-electron chi connectivity index (χ0n) is 9.68. The van der Waals surface area contributed by atoms with E-state index in [4.69, 9.17) is 34.8 Å². The molecule has 6 heteroatoms. The highest BCUT2D eigenvalue weighted by Gasteiger charge is 2.28. The fourth-order valence-corrected chi connectivity index (χ4v) is 1.47. The molecule has 0 atom stereocenters. The van der Waals surface area contributed by atoms with Crippen molar-refractivity contribution in [1.29, 1.82) is 0 Å². The summed E-state index contributed by atoms with van der Waals surface area (Å²) in [4.78, 5) is 12.4. The molecule has 0 spiro atoms. The molecule has 0 fully saturated rings. The molecule has 1 aromatic rings. The lowest BCUT2D eigenvalue weighted by Gasteiger charge is -2.18. The normalized spacial score (nSPS) is 12.9. The average molecular weight is 283 g/mol. The van der Waals surface area contributed by atoms with Crippen LogP contribution < -0.4 is 0 Å². The summed E-state index contributed by atoms with van der Waals surface area (Å²) in [5.74, 6) is 1.40. The molecule has 0 saturated heterocycles. The maximum atomic E-state index is 5.75. The molecule has 1 aromatic heterocycles. The molecule has 0 amide bonds. The van der Waals surface area contributed by atoms with Crippen molar-refractivity contribution in [3.63, 3.8) is 0 Å². The Morgan fingerprint density at radius 3 is 2.00 bits per heavy atom. The zero-order valence-corrected chi connectivity index (χ0v) is 12.0. The van der Waals surface area contributed by atoms with Gasteiger partial charge in [0.05, 0.1) is 0 Å². The number of rotatable bonds is 1. The van der Waals surface area contributed by atoms with Crippen molar-refractivity contribution < 1.29 is 0 Å². The Labute approximate surface area is 111 Å². The molecule has 0 radical (unpaired) electrons. The van der Waals surface area contributed by atoms with E-state index in [2.05, 4.69) is 35.7 Å². The van der Waals surface area contributed by atoms with Gasteiger partial charge in [-0.05, 0) is 12.3 Å². The first kappa shape index (κ1) is 13.9. The van der Waals surface area contributed by atoms with Crippen molar-refractivity contribution in [2.45, 2.75) is 37.9 Å². The number of nitrogens with zero attached hydrogens (tertiary/aromatic N) is 3. The van der Waals surface area contributed by atoms with E-state index < -0.39 is 3.79 Å². The van der Waals surface area contributed by atoms with E-state index >= 15 is 0 Å². The summed E-state index contributed by atoms with van der Waals surface area (Å²) in [6.07, 6.45) is 0.712. The molecule has 0 unspecified atom stereocenters. The Morgan fingerprint density at radius 1 is 1.00 bits per heavy atom. The minimum absolute atomic E-state index is 0.0820. The Bertz CT molecular complexity index is 380. The van der Waals surface area contributed by atoms with Gasteiger partial charge in [-0.25, -0.2) is 15.0 Å². The predicted octanol–water partition coefficient (Wildman–Crippen LogP) is 3.60. The molecule has 0 saturated carbocycles. The van der Waals surface area contributed by atoms with Crippen LogP contribution >= 0.6 is 34.8 Å². The predicted molar refractivity (Wildman–Crippen MR) is 67.0 cm³/mol. The molecular formula is C10H14Cl3N3. The third-order valence-electron chi connectivity index (χ3n) is 1.74. The van der Waals surface area contributed by atoms with Crippen LogP contribution in [0.15, 0.2) is 0 Å². The molecule has 0 aliphatic heterocycles. The summed E-state index contributed by atoms with van der Waals surface area (Å²) in [6, 6.07) is 0. The van der Waals surface area contributed by atoms with Crippen LogP contribution in [-0.2, 0) is 10.2 Å². The first-order valence-electron chi connectivity index (χ1n) is 4.87. The molecular weight excluding hydrogens is 268 g/mol. The van der Waals surface area contributed by atoms with Crippen molar-refractivity contribution in [2.24, 2.45) is 5.41 Å². The SMILES string of the molecule is Cc1nc(CC(C)(C)C)nc(C(Cl)(Cl)Cl)n1. The zero-order chi connectivity index (χ0) is 12.6. The van der Waals surface area contributed by atoms with Gasteiger partial charge in [0.25, 0.3) is 0 Å². The van der Waals surface area contributed by atoms with E-state index in [9.17, 15) is 0 Å². The van der Waals surface area contributed by atoms with Crippen LogP contribution in [0.3, 0.4) is 0 Å². The van der Waals surface area contributed by atoms with E-state index in [1.165, 1.54) is 0 Å². The van der Waals surface area contributed by atoms with Crippen LogP contribution in [0.1, 0.15) is 38.2 Å². The Kier molecular flexibility index (Phi) is 4.04. The lowest BCUT2D eigenvalue weighted by molar-refractivity contribution is 0.398. The van der Waals surface area contributed by atoms with Crippen LogP contribution in [0.25, 0.3) is 0 Å². The van der Waals surface area contributed by atoms with Crippen LogP contribution in [0.5, 0.6) is 0 Å². The second kappa shape index (κ2) is 4.63. The minimum atomic E-state index is -1.60. The van der Waals surface area contributed by atoms with Crippen molar-refractivity contribution in [2.75, 3.05) is 0 Å². The summed E-state index contributed by atoms with van der Waals surface area (Å²) in [5, 5.41) is 0. The summed E-state index contributed by atoms with van der Waals surface area (Å²) < 4.78 is -1.60. The van der Waals surface area contributed by atoms with E-state index in [0.29, 0.717) is 18.1 Å². The lowest BCUT2D eigenvalue weighted by atomic mass is 9.92. The summed E-state index contributed by atoms with van der Waals surface area (Å²) >= 11 is 17.3. The van der Waals surface area contributed by atoms with E-state index in [1.807, 2.05) is 0 Å². The second-order valence-corrected chi connectivity index (χ2v) is 7.14. The highest BCUT2D eigenvalue weighted by molar-refractivity contribution is 6.66. The number of aromatic nitrogens is 3. The van der Waals surface area contributed by atoms with Crippen LogP contribution in [0.2, 0.25) is 0 Å². The lowest BCUT2D eigenvalue weighted by Crippen LogP contribution is -2.17. The minimum Gasteiger partial charge on any atom is -0.218 e. The van der Waals surface area contributed by atoms with Crippen molar-refractivity contribution in [3.8, 4) is 0 Å². The molecule has 0 aliphatic rings. The Morgan fingerprint density at radius 2 is 1.56 bits per heavy atom. The first-order chi connectivity index (χ1) is 7.08. The molecule has 1 rings (SSSR count). The second-order valence-electron chi connectivity index (χ2n) is 4.86. The molecule has 90 valence electrons. The number of hydrogen-bond acceptors (Lipinski definition) is 3. The maximum absolute atomic E-state index is 5.75. The average Bonchev–Trinajstić information content (AvgIpc) is 1.97. The van der Waals surface area contributed by atoms with Crippen LogP contribution in [0, 0.1) is 12.3 Å². The molecule has 3 nitrogen and oxygen atoms in total. The van der Waals surface area contributed by atoms with Crippen LogP contribution in [0.4, 0.5) is 0 Å². The first-order valence-corrected chi connectivity index (χ1v) is 6.00. The summed E-state index contributed by atoms with van der Waals surface area (Å²) in [6.45, 7) is 8.05. The van der Waals surface area contributed by atoms with Gasteiger partial charge in [-0.15, -0.1) is 0 Å². The number of hydrogen-bond donors (Lipinski definition) is 0. The number of aryl methyl sites for hydroxylation is 1. The third kappa shape index (κ3) is 4.40. The monoisotopic (exact) mass is 281 g/mol. The maximum Gasteiger partial charge on any atom is 0.250 e. The summed E-state index contributed by atoms with van der Waals surface area (Å²) in [7, 11) is 0. The molecule has 1 heterocycles. The molecule has 0 aliphatic carbocycles. The summed E-state index contributed by atoms with van der Waals surface area (Å²) in [5.41, 5.74) is 0.0820. The Hall–Kier alpha value is -0.120. The van der Waals surface area contributed by atoms with Gasteiger partial charge in [-0.1, -0.05) is 55.6 Å². The highest BCUT2D eigenvalue weighted by Crippen LogP contribution is 2.35. The highest BCUT2D eigenvalue weighted by atomic mass is 35.6. The standard InChI is InChI=1S/C10H14Cl3N3/c1-6-14-7(5-9(2,3)4)16-8(15-6)10(11,12)13/h5H2,1-4H3. The molecule has 0 aromatic carbocycles. The third-order valence-corrected chi connectivity index (χ3v) is 2.24. The quantitative estimate of drug-likeness (QED) is 0.739. The van der Waals surface area contributed by atoms with E-state index in [0.717, 1.165) is 0 Å². The smallest absolute Gasteiger partial charge is 0.218 e. The Balaban J connectivity index is 3.09. The van der Waals surface area contributed by atoms with Crippen molar-refractivity contribution in [1.82, 2.24) is 15.0 Å². The van der Waals surface area contributed by atoms with Gasteiger partial charge in [0, 0.05) is 6.42 Å². The van der Waals surface area contributed by atoms with Gasteiger partial charge in [-0.2, -0.15) is 0 Å². The van der Waals surface area contributed by atoms with Crippen molar-refractivity contribution >= 4 is 34.8 Å².